The van der Waals surface area contributed by atoms with Gasteiger partial charge in [-0.1, -0.05) is 0 Å². The van der Waals surface area contributed by atoms with Gasteiger partial charge in [-0.3, -0.25) is 0 Å². The molecule has 7 nitrogen and oxygen atoms in total. The van der Waals surface area contributed by atoms with Gasteiger partial charge in [0.05, 0.1) is 19.8 Å². The summed E-state index contributed by atoms with van der Waals surface area (Å²) in [5, 5.41) is 0. The Labute approximate surface area is 130 Å². The monoisotopic (exact) mass is 328 g/mol. The van der Waals surface area contributed by atoms with Crippen molar-refractivity contribution in [2.24, 2.45) is 0 Å². The van der Waals surface area contributed by atoms with Gasteiger partial charge in [-0.25, -0.2) is 13.2 Å². The average Bonchev–Trinajstić information content (AvgIpc) is 2.53. The van der Waals surface area contributed by atoms with E-state index in [1.807, 2.05) is 7.05 Å². The highest BCUT2D eigenvalue weighted by Gasteiger charge is 2.30. The van der Waals surface area contributed by atoms with Crippen molar-refractivity contribution in [2.45, 2.75) is 4.90 Å². The van der Waals surface area contributed by atoms with E-state index in [2.05, 4.69) is 9.64 Å². The molecular weight excluding hydrogens is 308 g/mol. The van der Waals surface area contributed by atoms with E-state index in [9.17, 15) is 13.2 Å². The van der Waals surface area contributed by atoms with Gasteiger partial charge < -0.3 is 14.4 Å². The van der Waals surface area contributed by atoms with Gasteiger partial charge in [-0.2, -0.15) is 4.31 Å². The van der Waals surface area contributed by atoms with Crippen LogP contribution in [0.5, 0.6) is 5.75 Å². The zero-order chi connectivity index (χ0) is 16.3. The van der Waals surface area contributed by atoms with E-state index < -0.39 is 16.0 Å². The first-order chi connectivity index (χ1) is 10.4. The van der Waals surface area contributed by atoms with Gasteiger partial charge in [0, 0.05) is 26.2 Å². The summed E-state index contributed by atoms with van der Waals surface area (Å²) in [6.07, 6.45) is 0. The van der Waals surface area contributed by atoms with Gasteiger partial charge in [0.25, 0.3) is 0 Å². The largest absolute Gasteiger partial charge is 0.495 e. The van der Waals surface area contributed by atoms with Crippen LogP contribution >= 0.6 is 0 Å². The van der Waals surface area contributed by atoms with E-state index in [0.717, 1.165) is 0 Å². The first-order valence-electron chi connectivity index (χ1n) is 6.85. The molecule has 8 heteroatoms. The van der Waals surface area contributed by atoms with Crippen molar-refractivity contribution < 1.29 is 22.7 Å². The third-order valence-corrected chi connectivity index (χ3v) is 5.58. The van der Waals surface area contributed by atoms with Gasteiger partial charge >= 0.3 is 5.97 Å². The number of benzene rings is 1. The van der Waals surface area contributed by atoms with Crippen LogP contribution in [0.2, 0.25) is 0 Å². The minimum atomic E-state index is -3.72. The molecule has 1 aromatic carbocycles. The number of piperazine rings is 1. The third kappa shape index (κ3) is 3.23. The molecule has 0 atom stereocenters. The zero-order valence-electron chi connectivity index (χ0n) is 12.9. The quantitative estimate of drug-likeness (QED) is 0.746. The van der Waals surface area contributed by atoms with Crippen molar-refractivity contribution in [1.82, 2.24) is 9.21 Å². The summed E-state index contributed by atoms with van der Waals surface area (Å²) in [7, 11) is 0.878. The molecule has 1 aliphatic rings. The molecular formula is C14H20N2O5S. The minimum absolute atomic E-state index is 0.0116. The number of carbonyl (C=O) groups excluding carboxylic acids is 1. The molecule has 0 aromatic heterocycles. The van der Waals surface area contributed by atoms with E-state index in [-0.39, 0.29) is 16.2 Å². The second kappa shape index (κ2) is 6.64. The Balaban J connectivity index is 2.42. The Bertz CT molecular complexity index is 651. The molecule has 1 aromatic rings. The van der Waals surface area contributed by atoms with Crippen LogP contribution in [0.15, 0.2) is 23.1 Å². The van der Waals surface area contributed by atoms with Crippen LogP contribution in [-0.4, -0.2) is 71.0 Å². The highest BCUT2D eigenvalue weighted by atomic mass is 32.2. The summed E-state index contributed by atoms with van der Waals surface area (Å²) < 4.78 is 36.8. The number of ether oxygens (including phenoxy) is 2. The second-order valence-corrected chi connectivity index (χ2v) is 6.97. The van der Waals surface area contributed by atoms with Crippen molar-refractivity contribution in [2.75, 3.05) is 47.4 Å². The van der Waals surface area contributed by atoms with E-state index in [0.29, 0.717) is 26.2 Å². The van der Waals surface area contributed by atoms with Crippen molar-refractivity contribution in [3.8, 4) is 5.75 Å². The lowest BCUT2D eigenvalue weighted by atomic mass is 10.2. The van der Waals surface area contributed by atoms with Gasteiger partial charge in [0.2, 0.25) is 10.0 Å². The zero-order valence-corrected chi connectivity index (χ0v) is 13.7. The predicted octanol–water partition coefficient (Wildman–Crippen LogP) is 0.418. The predicted molar refractivity (Wildman–Crippen MR) is 80.6 cm³/mol. The van der Waals surface area contributed by atoms with E-state index in [1.165, 1.54) is 36.7 Å². The smallest absolute Gasteiger partial charge is 0.337 e. The van der Waals surface area contributed by atoms with E-state index in [4.69, 9.17) is 4.74 Å². The molecule has 122 valence electrons. The summed E-state index contributed by atoms with van der Waals surface area (Å²) in [5.41, 5.74) is 0.177. The molecule has 22 heavy (non-hydrogen) atoms. The molecule has 0 aliphatic carbocycles. The number of esters is 1. The maximum absolute atomic E-state index is 12.8. The Hall–Kier alpha value is -1.64. The fourth-order valence-electron chi connectivity index (χ4n) is 2.29. The van der Waals surface area contributed by atoms with Crippen molar-refractivity contribution in [1.29, 1.82) is 0 Å². The van der Waals surface area contributed by atoms with Crippen molar-refractivity contribution in [3.63, 3.8) is 0 Å². The molecule has 0 radical (unpaired) electrons. The number of carbonyl (C=O) groups is 1. The molecule has 0 saturated carbocycles. The summed E-state index contributed by atoms with van der Waals surface area (Å²) in [4.78, 5) is 13.7. The van der Waals surface area contributed by atoms with Crippen LogP contribution in [0.25, 0.3) is 0 Å². The van der Waals surface area contributed by atoms with E-state index >= 15 is 0 Å². The fraction of sp³-hybridized carbons (Fsp3) is 0.500. The van der Waals surface area contributed by atoms with Crippen LogP contribution in [0.4, 0.5) is 0 Å². The Morgan fingerprint density at radius 2 is 1.77 bits per heavy atom. The van der Waals surface area contributed by atoms with Crippen LogP contribution < -0.4 is 4.74 Å². The standard InChI is InChI=1S/C14H20N2O5S/c1-15-6-8-16(9-7-15)22(18,19)13-10-11(14(17)21-3)4-5-12(13)20-2/h4-5,10H,6-9H2,1-3H3. The Morgan fingerprint density at radius 1 is 1.14 bits per heavy atom. The van der Waals surface area contributed by atoms with Gasteiger partial charge in [0.1, 0.15) is 10.6 Å². The molecule has 0 amide bonds. The summed E-state index contributed by atoms with van der Waals surface area (Å²) in [6.45, 7) is 2.14. The first kappa shape index (κ1) is 16.7. The lowest BCUT2D eigenvalue weighted by Crippen LogP contribution is -2.47. The molecule has 0 spiro atoms. The minimum Gasteiger partial charge on any atom is -0.495 e. The number of methoxy groups -OCH3 is 2. The number of rotatable bonds is 4. The molecule has 1 aliphatic heterocycles. The number of sulfonamides is 1. The van der Waals surface area contributed by atoms with Crippen LogP contribution in [-0.2, 0) is 14.8 Å². The Morgan fingerprint density at radius 3 is 2.32 bits per heavy atom. The maximum Gasteiger partial charge on any atom is 0.337 e. The van der Waals surface area contributed by atoms with Crippen molar-refractivity contribution in [3.05, 3.63) is 23.8 Å². The highest BCUT2D eigenvalue weighted by Crippen LogP contribution is 2.28. The highest BCUT2D eigenvalue weighted by molar-refractivity contribution is 7.89. The third-order valence-electron chi connectivity index (χ3n) is 3.66. The molecule has 1 heterocycles. The summed E-state index contributed by atoms with van der Waals surface area (Å²) >= 11 is 0. The topological polar surface area (TPSA) is 76.1 Å². The lowest BCUT2D eigenvalue weighted by Gasteiger charge is -2.31. The van der Waals surface area contributed by atoms with Crippen LogP contribution in [0, 0.1) is 0 Å². The average molecular weight is 328 g/mol. The molecule has 0 unspecified atom stereocenters. The SMILES string of the molecule is COC(=O)c1ccc(OC)c(S(=O)(=O)N2CCN(C)CC2)c1. The normalized spacial score (nSPS) is 17.2. The summed E-state index contributed by atoms with van der Waals surface area (Å²) in [6, 6.07) is 4.25. The lowest BCUT2D eigenvalue weighted by molar-refractivity contribution is 0.0600. The maximum atomic E-state index is 12.8. The first-order valence-corrected chi connectivity index (χ1v) is 8.29. The number of hydrogen-bond acceptors (Lipinski definition) is 6. The van der Waals surface area contributed by atoms with Crippen LogP contribution in [0.1, 0.15) is 10.4 Å². The van der Waals surface area contributed by atoms with Crippen molar-refractivity contribution >= 4 is 16.0 Å². The van der Waals surface area contributed by atoms with Gasteiger partial charge in [-0.15, -0.1) is 0 Å². The summed E-state index contributed by atoms with van der Waals surface area (Å²) in [5.74, 6) is -0.371. The number of nitrogens with zero attached hydrogens (tertiary/aromatic N) is 2. The molecule has 1 fully saturated rings. The molecule has 0 bridgehead atoms. The number of hydrogen-bond donors (Lipinski definition) is 0. The second-order valence-electron chi connectivity index (χ2n) is 5.06. The number of likely N-dealkylation sites (N-methyl/N-ethyl adjacent to an activating group) is 1. The van der Waals surface area contributed by atoms with Gasteiger partial charge in [-0.05, 0) is 25.2 Å². The molecule has 0 N–H and O–H groups in total. The van der Waals surface area contributed by atoms with E-state index in [1.54, 1.807) is 0 Å². The van der Waals surface area contributed by atoms with Crippen LogP contribution in [0.3, 0.4) is 0 Å². The molecule has 2 rings (SSSR count). The Kier molecular flexibility index (Phi) is 5.05. The van der Waals surface area contributed by atoms with Gasteiger partial charge in [0.15, 0.2) is 0 Å². The molecule has 1 saturated heterocycles. The fourth-order valence-corrected chi connectivity index (χ4v) is 3.89.